The number of carbonyl (C=O) groups excluding carboxylic acids is 1. The van der Waals surface area contributed by atoms with Gasteiger partial charge in [0.15, 0.2) is 0 Å². The molecule has 2 N–H and O–H groups in total. The monoisotopic (exact) mass is 245 g/mol. The maximum Gasteiger partial charge on any atom is 0.340 e. The van der Waals surface area contributed by atoms with E-state index in [0.29, 0.717) is 12.2 Å². The number of fused-ring (bicyclic) bond motifs is 3. The second-order valence-electron chi connectivity index (χ2n) is 4.39. The fourth-order valence-electron chi connectivity index (χ4n) is 2.48. The molecule has 0 radical (unpaired) electrons. The average molecular weight is 245 g/mol. The fourth-order valence-corrected chi connectivity index (χ4v) is 2.48. The van der Waals surface area contributed by atoms with E-state index in [2.05, 4.69) is 15.2 Å². The molecule has 94 valence electrons. The van der Waals surface area contributed by atoms with Crippen molar-refractivity contribution in [1.29, 1.82) is 0 Å². The van der Waals surface area contributed by atoms with Crippen LogP contribution >= 0.6 is 0 Å². The summed E-state index contributed by atoms with van der Waals surface area (Å²) in [6.45, 7) is 2.19. The molecular formula is C13H15N3O2. The molecule has 5 nitrogen and oxygen atoms in total. The minimum Gasteiger partial charge on any atom is -0.462 e. The van der Waals surface area contributed by atoms with Crippen LogP contribution in [0.5, 0.6) is 0 Å². The molecule has 0 spiro atoms. The summed E-state index contributed by atoms with van der Waals surface area (Å²) in [4.78, 5) is 15.1. The Labute approximate surface area is 105 Å². The molecule has 0 amide bonds. The number of nitrogens with one attached hydrogen (secondary N) is 2. The fraction of sp³-hybridized carbons (Fsp3) is 0.385. The molecule has 2 aromatic rings. The third kappa shape index (κ3) is 1.63. The molecule has 5 heteroatoms. The summed E-state index contributed by atoms with van der Waals surface area (Å²) in [7, 11) is 0. The Kier molecular flexibility index (Phi) is 2.66. The van der Waals surface area contributed by atoms with Crippen LogP contribution in [0.1, 0.15) is 35.0 Å². The lowest BCUT2D eigenvalue weighted by atomic mass is 10.1. The van der Waals surface area contributed by atoms with Gasteiger partial charge < -0.3 is 9.72 Å². The molecule has 0 aliphatic heterocycles. The Bertz CT molecular complexity index is 583. The largest absolute Gasteiger partial charge is 0.462 e. The van der Waals surface area contributed by atoms with Gasteiger partial charge in [-0.25, -0.2) is 4.79 Å². The minimum atomic E-state index is -0.286. The molecule has 2 aromatic heterocycles. The van der Waals surface area contributed by atoms with Gasteiger partial charge in [0.2, 0.25) is 0 Å². The molecule has 1 aliphatic carbocycles. The number of carbonyl (C=O) groups is 1. The van der Waals surface area contributed by atoms with E-state index in [-0.39, 0.29) is 5.97 Å². The predicted octanol–water partition coefficient (Wildman–Crippen LogP) is 2.07. The first kappa shape index (κ1) is 11.1. The second-order valence-corrected chi connectivity index (χ2v) is 4.39. The molecule has 0 bridgehead atoms. The van der Waals surface area contributed by atoms with Crippen molar-refractivity contribution in [2.24, 2.45) is 0 Å². The lowest BCUT2D eigenvalue weighted by molar-refractivity contribution is 0.0527. The van der Waals surface area contributed by atoms with Crippen LogP contribution in [0, 0.1) is 0 Å². The van der Waals surface area contributed by atoms with Gasteiger partial charge in [0.1, 0.15) is 0 Å². The second kappa shape index (κ2) is 4.33. The van der Waals surface area contributed by atoms with Gasteiger partial charge in [-0.15, -0.1) is 0 Å². The predicted molar refractivity (Wildman–Crippen MR) is 66.4 cm³/mol. The highest BCUT2D eigenvalue weighted by atomic mass is 16.5. The molecule has 0 atom stereocenters. The molecule has 2 heterocycles. The maximum atomic E-state index is 11.9. The Morgan fingerprint density at radius 2 is 2.33 bits per heavy atom. The Morgan fingerprint density at radius 3 is 3.17 bits per heavy atom. The van der Waals surface area contributed by atoms with Crippen molar-refractivity contribution >= 4 is 5.97 Å². The highest BCUT2D eigenvalue weighted by Gasteiger charge is 2.25. The SMILES string of the molecule is CCOC(=O)c1c[nH]c2c1-c1n[nH]cc1CCC2. The highest BCUT2D eigenvalue weighted by Crippen LogP contribution is 2.33. The number of hydrogen-bond acceptors (Lipinski definition) is 3. The highest BCUT2D eigenvalue weighted by molar-refractivity contribution is 5.98. The van der Waals surface area contributed by atoms with Gasteiger partial charge >= 0.3 is 5.97 Å². The third-order valence-electron chi connectivity index (χ3n) is 3.29. The van der Waals surface area contributed by atoms with Gasteiger partial charge in [0.05, 0.1) is 17.9 Å². The summed E-state index contributed by atoms with van der Waals surface area (Å²) in [6, 6.07) is 0. The first-order chi connectivity index (χ1) is 8.81. The lowest BCUT2D eigenvalue weighted by Gasteiger charge is -2.03. The molecule has 0 saturated heterocycles. The van der Waals surface area contributed by atoms with E-state index in [1.807, 2.05) is 13.1 Å². The van der Waals surface area contributed by atoms with Crippen molar-refractivity contribution in [2.75, 3.05) is 6.61 Å². The molecule has 1 aliphatic rings. The number of H-pyrrole nitrogens is 2. The van der Waals surface area contributed by atoms with Crippen LogP contribution < -0.4 is 0 Å². The third-order valence-corrected chi connectivity index (χ3v) is 3.29. The van der Waals surface area contributed by atoms with Crippen LogP contribution in [0.15, 0.2) is 12.4 Å². The number of rotatable bonds is 2. The van der Waals surface area contributed by atoms with Gasteiger partial charge in [0, 0.05) is 23.7 Å². The van der Waals surface area contributed by atoms with Crippen LogP contribution in [0.4, 0.5) is 0 Å². The zero-order chi connectivity index (χ0) is 12.5. The van der Waals surface area contributed by atoms with Crippen molar-refractivity contribution in [2.45, 2.75) is 26.2 Å². The number of esters is 1. The first-order valence-corrected chi connectivity index (χ1v) is 6.21. The van der Waals surface area contributed by atoms with Crippen molar-refractivity contribution in [3.63, 3.8) is 0 Å². The van der Waals surface area contributed by atoms with E-state index < -0.39 is 0 Å². The number of aromatic amines is 2. The zero-order valence-electron chi connectivity index (χ0n) is 10.2. The Balaban J connectivity index is 2.13. The van der Waals surface area contributed by atoms with E-state index in [0.717, 1.165) is 36.2 Å². The lowest BCUT2D eigenvalue weighted by Crippen LogP contribution is -2.05. The maximum absolute atomic E-state index is 11.9. The molecular weight excluding hydrogens is 230 g/mol. The normalized spacial score (nSPS) is 13.6. The van der Waals surface area contributed by atoms with E-state index in [4.69, 9.17) is 4.74 Å². The van der Waals surface area contributed by atoms with Crippen LogP contribution in [-0.2, 0) is 17.6 Å². The summed E-state index contributed by atoms with van der Waals surface area (Å²) in [5, 5.41) is 7.16. The smallest absolute Gasteiger partial charge is 0.340 e. The summed E-state index contributed by atoms with van der Waals surface area (Å²) in [5.74, 6) is -0.286. The number of aromatic nitrogens is 3. The Morgan fingerprint density at radius 1 is 1.44 bits per heavy atom. The van der Waals surface area contributed by atoms with Gasteiger partial charge in [-0.05, 0) is 31.7 Å². The molecule has 18 heavy (non-hydrogen) atoms. The molecule has 0 aromatic carbocycles. The number of hydrogen-bond donors (Lipinski definition) is 2. The van der Waals surface area contributed by atoms with Crippen molar-refractivity contribution in [3.8, 4) is 11.3 Å². The average Bonchev–Trinajstić information content (AvgIpc) is 2.93. The van der Waals surface area contributed by atoms with Crippen LogP contribution in [0.3, 0.4) is 0 Å². The van der Waals surface area contributed by atoms with Gasteiger partial charge in [0.25, 0.3) is 0 Å². The van der Waals surface area contributed by atoms with Crippen LogP contribution in [0.25, 0.3) is 11.3 Å². The number of ether oxygens (including phenoxy) is 1. The summed E-state index contributed by atoms with van der Waals surface area (Å²) < 4.78 is 5.09. The number of aryl methyl sites for hydroxylation is 2. The van der Waals surface area contributed by atoms with Crippen molar-refractivity contribution < 1.29 is 9.53 Å². The standard InChI is InChI=1S/C13H15N3O2/c1-2-18-13(17)9-7-14-10-5-3-4-8-6-15-16-12(8)11(9)10/h6-7,14H,2-5H2,1H3,(H,15,16). The van der Waals surface area contributed by atoms with E-state index >= 15 is 0 Å². The zero-order valence-corrected chi connectivity index (χ0v) is 10.2. The minimum absolute atomic E-state index is 0.286. The molecule has 3 rings (SSSR count). The topological polar surface area (TPSA) is 70.8 Å². The van der Waals surface area contributed by atoms with Crippen LogP contribution in [0.2, 0.25) is 0 Å². The quantitative estimate of drug-likeness (QED) is 0.796. The van der Waals surface area contributed by atoms with Gasteiger partial charge in [-0.2, -0.15) is 5.10 Å². The molecule has 0 saturated carbocycles. The van der Waals surface area contributed by atoms with E-state index in [9.17, 15) is 4.79 Å². The van der Waals surface area contributed by atoms with E-state index in [1.54, 1.807) is 6.20 Å². The van der Waals surface area contributed by atoms with Gasteiger partial charge in [-0.3, -0.25) is 5.10 Å². The number of nitrogens with zero attached hydrogens (tertiary/aromatic N) is 1. The van der Waals surface area contributed by atoms with Crippen molar-refractivity contribution in [3.05, 3.63) is 29.2 Å². The van der Waals surface area contributed by atoms with Crippen LogP contribution in [-0.4, -0.2) is 27.8 Å². The Hall–Kier alpha value is -2.04. The summed E-state index contributed by atoms with van der Waals surface area (Å²) in [5.41, 5.74) is 4.61. The molecule has 0 unspecified atom stereocenters. The van der Waals surface area contributed by atoms with E-state index in [1.165, 1.54) is 5.56 Å². The van der Waals surface area contributed by atoms with Crippen molar-refractivity contribution in [1.82, 2.24) is 15.2 Å². The molecule has 0 fully saturated rings. The first-order valence-electron chi connectivity index (χ1n) is 6.21. The summed E-state index contributed by atoms with van der Waals surface area (Å²) in [6.07, 6.45) is 6.61. The van der Waals surface area contributed by atoms with Gasteiger partial charge in [-0.1, -0.05) is 0 Å². The summed E-state index contributed by atoms with van der Waals surface area (Å²) >= 11 is 0.